The van der Waals surface area contributed by atoms with Crippen LogP contribution in [0.4, 0.5) is 14.5 Å². The van der Waals surface area contributed by atoms with Crippen molar-refractivity contribution in [2.45, 2.75) is 19.8 Å². The van der Waals surface area contributed by atoms with Crippen LogP contribution in [-0.4, -0.2) is 18.5 Å². The number of fused-ring (bicyclic) bond motifs is 1. The lowest BCUT2D eigenvalue weighted by molar-refractivity contribution is -0.146. The van der Waals surface area contributed by atoms with Gasteiger partial charge in [-0.05, 0) is 30.2 Å². The first-order valence-corrected chi connectivity index (χ1v) is 8.36. The zero-order valence-corrected chi connectivity index (χ0v) is 14.6. The van der Waals surface area contributed by atoms with Crippen molar-refractivity contribution >= 4 is 28.5 Å². The highest BCUT2D eigenvalue weighted by molar-refractivity contribution is 5.93. The van der Waals surface area contributed by atoms with E-state index in [9.17, 15) is 18.4 Å². The van der Waals surface area contributed by atoms with Crippen LogP contribution in [0.3, 0.4) is 0 Å². The van der Waals surface area contributed by atoms with E-state index in [1.807, 2.05) is 25.1 Å². The predicted octanol–water partition coefficient (Wildman–Crippen LogP) is 4.00. The molecule has 1 amide bonds. The highest BCUT2D eigenvalue weighted by Crippen LogP contribution is 2.23. The Bertz CT molecular complexity index is 977. The van der Waals surface area contributed by atoms with E-state index in [0.717, 1.165) is 29.5 Å². The van der Waals surface area contributed by atoms with Gasteiger partial charge in [-0.2, -0.15) is 0 Å². The van der Waals surface area contributed by atoms with Crippen molar-refractivity contribution in [2.24, 2.45) is 0 Å². The number of hydrogen-bond acceptors (Lipinski definition) is 4. The summed E-state index contributed by atoms with van der Waals surface area (Å²) in [6.45, 7) is 1.38. The molecule has 1 aromatic heterocycles. The molecule has 0 spiro atoms. The van der Waals surface area contributed by atoms with Crippen LogP contribution in [0.15, 0.2) is 47.1 Å². The van der Waals surface area contributed by atoms with Gasteiger partial charge in [0.25, 0.3) is 5.91 Å². The number of amides is 1. The number of aryl methyl sites for hydroxylation is 1. The van der Waals surface area contributed by atoms with Crippen LogP contribution in [0, 0.1) is 11.6 Å². The Labute approximate surface area is 153 Å². The van der Waals surface area contributed by atoms with E-state index in [4.69, 9.17) is 9.15 Å². The SMILES string of the molecule is CCc1ccc2c(CC(=O)OCC(=O)Nc3c(F)cccc3F)coc2c1. The molecule has 3 aromatic rings. The third-order valence-electron chi connectivity index (χ3n) is 4.05. The van der Waals surface area contributed by atoms with Gasteiger partial charge in [-0.25, -0.2) is 8.78 Å². The van der Waals surface area contributed by atoms with Gasteiger partial charge >= 0.3 is 5.97 Å². The van der Waals surface area contributed by atoms with Gasteiger partial charge in [-0.15, -0.1) is 0 Å². The molecule has 0 aliphatic heterocycles. The lowest BCUT2D eigenvalue weighted by Crippen LogP contribution is -2.22. The Balaban J connectivity index is 1.57. The van der Waals surface area contributed by atoms with Crippen molar-refractivity contribution in [1.29, 1.82) is 0 Å². The second kappa shape index (κ2) is 7.99. The van der Waals surface area contributed by atoms with Crippen molar-refractivity contribution in [3.8, 4) is 0 Å². The number of furan rings is 1. The van der Waals surface area contributed by atoms with Gasteiger partial charge in [0.1, 0.15) is 22.9 Å². The number of ether oxygens (including phenoxy) is 1. The summed E-state index contributed by atoms with van der Waals surface area (Å²) in [6, 6.07) is 8.92. The van der Waals surface area contributed by atoms with Crippen molar-refractivity contribution in [2.75, 3.05) is 11.9 Å². The van der Waals surface area contributed by atoms with E-state index < -0.39 is 35.8 Å². The second-order valence-corrected chi connectivity index (χ2v) is 5.93. The summed E-state index contributed by atoms with van der Waals surface area (Å²) in [6.07, 6.45) is 2.26. The van der Waals surface area contributed by atoms with Gasteiger partial charge in [0.15, 0.2) is 6.61 Å². The Morgan fingerprint density at radius 3 is 2.59 bits per heavy atom. The average Bonchev–Trinajstić information content (AvgIpc) is 3.05. The number of para-hydroxylation sites is 1. The molecule has 5 nitrogen and oxygen atoms in total. The van der Waals surface area contributed by atoms with Crippen molar-refractivity contribution in [1.82, 2.24) is 0 Å². The smallest absolute Gasteiger partial charge is 0.310 e. The molecule has 0 saturated heterocycles. The van der Waals surface area contributed by atoms with Crippen LogP contribution < -0.4 is 5.32 Å². The third kappa shape index (κ3) is 4.31. The minimum atomic E-state index is -0.911. The topological polar surface area (TPSA) is 68.5 Å². The first-order valence-electron chi connectivity index (χ1n) is 8.36. The van der Waals surface area contributed by atoms with Gasteiger partial charge in [0, 0.05) is 10.9 Å². The van der Waals surface area contributed by atoms with E-state index in [-0.39, 0.29) is 6.42 Å². The van der Waals surface area contributed by atoms with Crippen LogP contribution in [0.2, 0.25) is 0 Å². The van der Waals surface area contributed by atoms with E-state index in [1.54, 1.807) is 0 Å². The number of nitrogens with one attached hydrogen (secondary N) is 1. The minimum absolute atomic E-state index is 0.0835. The van der Waals surface area contributed by atoms with E-state index in [1.165, 1.54) is 12.3 Å². The molecule has 0 fully saturated rings. The molecule has 1 N–H and O–H groups in total. The average molecular weight is 373 g/mol. The first kappa shape index (κ1) is 18.6. The van der Waals surface area contributed by atoms with Crippen LogP contribution in [0.5, 0.6) is 0 Å². The fourth-order valence-electron chi connectivity index (χ4n) is 2.63. The molecule has 3 rings (SSSR count). The number of halogens is 2. The number of benzene rings is 2. The number of esters is 1. The third-order valence-corrected chi connectivity index (χ3v) is 4.05. The molecule has 0 aliphatic carbocycles. The van der Waals surface area contributed by atoms with E-state index >= 15 is 0 Å². The van der Waals surface area contributed by atoms with Crippen LogP contribution >= 0.6 is 0 Å². The molecule has 1 heterocycles. The highest BCUT2D eigenvalue weighted by Gasteiger charge is 2.15. The summed E-state index contributed by atoms with van der Waals surface area (Å²) >= 11 is 0. The van der Waals surface area contributed by atoms with Crippen LogP contribution in [0.25, 0.3) is 11.0 Å². The Morgan fingerprint density at radius 1 is 1.15 bits per heavy atom. The Morgan fingerprint density at radius 2 is 1.89 bits per heavy atom. The normalized spacial score (nSPS) is 10.8. The first-order chi connectivity index (χ1) is 13.0. The summed E-state index contributed by atoms with van der Waals surface area (Å²) in [7, 11) is 0. The molecule has 2 aromatic carbocycles. The van der Waals surface area contributed by atoms with Crippen molar-refractivity contribution in [3.63, 3.8) is 0 Å². The van der Waals surface area contributed by atoms with Crippen LogP contribution in [-0.2, 0) is 27.2 Å². The zero-order chi connectivity index (χ0) is 19.4. The summed E-state index contributed by atoms with van der Waals surface area (Å²) in [5.74, 6) is -3.31. The lowest BCUT2D eigenvalue weighted by atomic mass is 10.1. The molecule has 140 valence electrons. The fourth-order valence-corrected chi connectivity index (χ4v) is 2.63. The summed E-state index contributed by atoms with van der Waals surface area (Å²) < 4.78 is 37.3. The number of carbonyl (C=O) groups is 2. The number of hydrogen-bond donors (Lipinski definition) is 1. The largest absolute Gasteiger partial charge is 0.464 e. The van der Waals surface area contributed by atoms with Crippen molar-refractivity contribution < 1.29 is 27.5 Å². The predicted molar refractivity (Wildman–Crippen MR) is 95.2 cm³/mol. The Hall–Kier alpha value is -3.22. The molecular formula is C20H17F2NO4. The lowest BCUT2D eigenvalue weighted by Gasteiger charge is -2.08. The molecule has 0 atom stereocenters. The quantitative estimate of drug-likeness (QED) is 0.663. The standard InChI is InChI=1S/C20H17F2NO4/c1-2-12-6-7-14-13(10-26-17(14)8-12)9-19(25)27-11-18(24)23-20-15(21)4-3-5-16(20)22/h3-8,10H,2,9,11H2,1H3,(H,23,24). The van der Waals surface area contributed by atoms with Gasteiger partial charge in [0.05, 0.1) is 12.7 Å². The summed E-state index contributed by atoms with van der Waals surface area (Å²) in [4.78, 5) is 23.7. The fraction of sp³-hybridized carbons (Fsp3) is 0.200. The van der Waals surface area contributed by atoms with E-state index in [0.29, 0.717) is 11.1 Å². The summed E-state index contributed by atoms with van der Waals surface area (Å²) in [5, 5.41) is 2.84. The second-order valence-electron chi connectivity index (χ2n) is 5.93. The minimum Gasteiger partial charge on any atom is -0.464 e. The maximum atomic E-state index is 13.5. The molecular weight excluding hydrogens is 356 g/mol. The molecule has 27 heavy (non-hydrogen) atoms. The molecule has 0 saturated carbocycles. The molecule has 0 bridgehead atoms. The Kier molecular flexibility index (Phi) is 5.49. The van der Waals surface area contributed by atoms with Gasteiger partial charge in [-0.1, -0.05) is 25.1 Å². The van der Waals surface area contributed by atoms with Crippen LogP contribution in [0.1, 0.15) is 18.1 Å². The monoisotopic (exact) mass is 373 g/mol. The van der Waals surface area contributed by atoms with E-state index in [2.05, 4.69) is 5.32 Å². The van der Waals surface area contributed by atoms with Gasteiger partial charge in [-0.3, -0.25) is 9.59 Å². The maximum absolute atomic E-state index is 13.5. The number of anilines is 1. The maximum Gasteiger partial charge on any atom is 0.310 e. The summed E-state index contributed by atoms with van der Waals surface area (Å²) in [5.41, 5.74) is 1.84. The number of carbonyl (C=O) groups excluding carboxylic acids is 2. The number of rotatable bonds is 6. The van der Waals surface area contributed by atoms with Gasteiger partial charge < -0.3 is 14.5 Å². The van der Waals surface area contributed by atoms with Crippen molar-refractivity contribution in [3.05, 3.63) is 65.4 Å². The highest BCUT2D eigenvalue weighted by atomic mass is 19.1. The molecule has 0 aliphatic rings. The zero-order valence-electron chi connectivity index (χ0n) is 14.6. The molecule has 0 unspecified atom stereocenters. The van der Waals surface area contributed by atoms with Gasteiger partial charge in [0.2, 0.25) is 0 Å². The molecule has 0 radical (unpaired) electrons. The molecule has 7 heteroatoms.